The molecule has 0 N–H and O–H groups in total. The monoisotopic (exact) mass is 819 g/mol. The molecule has 2 unspecified atom stereocenters. The van der Waals surface area contributed by atoms with Gasteiger partial charge in [0.1, 0.15) is 0 Å². The van der Waals surface area contributed by atoms with Gasteiger partial charge in [-0.15, -0.1) is 21.8 Å². The lowest BCUT2D eigenvalue weighted by Gasteiger charge is -2.46. The van der Waals surface area contributed by atoms with Crippen molar-refractivity contribution in [1.82, 2.24) is 0 Å². The SMILES string of the molecule is C=NC(=NC(=NCc1ccccc1)c1ccc(C2(C)C=CC(C3(C)C=CC(S(C4=CCCC=C4)(c4ccccc4)c4ccccc4)=CC3)=CC2)c(SC)c1)c1ccccc1. The molecule has 0 heterocycles. The summed E-state index contributed by atoms with van der Waals surface area (Å²) in [7, 11) is -1.67. The van der Waals surface area contributed by atoms with Gasteiger partial charge < -0.3 is 0 Å². The van der Waals surface area contributed by atoms with Gasteiger partial charge in [0.05, 0.1) is 6.54 Å². The first-order valence-corrected chi connectivity index (χ1v) is 23.7. The fourth-order valence-corrected chi connectivity index (χ4v) is 13.3. The van der Waals surface area contributed by atoms with E-state index < -0.39 is 10.0 Å². The fourth-order valence-electron chi connectivity index (χ4n) is 8.51. The van der Waals surface area contributed by atoms with E-state index in [1.807, 2.05) is 48.5 Å². The average Bonchev–Trinajstić information content (AvgIpc) is 3.31. The molecule has 3 nitrogen and oxygen atoms in total. The van der Waals surface area contributed by atoms with Gasteiger partial charge in [-0.2, -0.15) is 0 Å². The van der Waals surface area contributed by atoms with Crippen molar-refractivity contribution < 1.29 is 0 Å². The van der Waals surface area contributed by atoms with Gasteiger partial charge in [-0.1, -0.05) is 178 Å². The summed E-state index contributed by atoms with van der Waals surface area (Å²) in [5.74, 6) is 1.20. The second kappa shape index (κ2) is 18.3. The predicted molar refractivity (Wildman–Crippen MR) is 260 cm³/mol. The number of aliphatic imine (C=N–C) groups is 3. The van der Waals surface area contributed by atoms with Crippen molar-refractivity contribution in [3.05, 3.63) is 232 Å². The summed E-state index contributed by atoms with van der Waals surface area (Å²) in [5, 5.41) is 0. The molecule has 300 valence electrons. The first kappa shape index (κ1) is 41.0. The Kier molecular flexibility index (Phi) is 12.5. The van der Waals surface area contributed by atoms with Gasteiger partial charge >= 0.3 is 0 Å². The molecule has 0 aliphatic heterocycles. The number of thioether (sulfide) groups is 1. The van der Waals surface area contributed by atoms with Crippen LogP contribution in [0.15, 0.2) is 239 Å². The molecule has 0 saturated carbocycles. The molecule has 0 amide bonds. The third kappa shape index (κ3) is 8.34. The molecule has 0 saturated heterocycles. The first-order valence-electron chi connectivity index (χ1n) is 20.8. The third-order valence-corrected chi connectivity index (χ3v) is 16.7. The molecule has 0 bridgehead atoms. The Balaban J connectivity index is 1.08. The lowest BCUT2D eigenvalue weighted by Crippen LogP contribution is -2.26. The van der Waals surface area contributed by atoms with Crippen LogP contribution in [0.1, 0.15) is 61.8 Å². The van der Waals surface area contributed by atoms with Crippen molar-refractivity contribution in [3.8, 4) is 0 Å². The Labute approximate surface area is 362 Å². The fraction of sp³-hybridized carbons (Fsp3) is 0.182. The number of rotatable bonds is 11. The van der Waals surface area contributed by atoms with Crippen LogP contribution in [0.25, 0.3) is 0 Å². The highest BCUT2D eigenvalue weighted by Crippen LogP contribution is 2.75. The summed E-state index contributed by atoms with van der Waals surface area (Å²) in [4.78, 5) is 21.2. The van der Waals surface area contributed by atoms with E-state index in [9.17, 15) is 0 Å². The van der Waals surface area contributed by atoms with E-state index in [1.165, 1.54) is 35.6 Å². The molecule has 3 aliphatic rings. The zero-order chi connectivity index (χ0) is 41.4. The van der Waals surface area contributed by atoms with E-state index in [0.29, 0.717) is 18.2 Å². The van der Waals surface area contributed by atoms with Gasteiger partial charge in [-0.05, 0) is 95.5 Å². The normalized spacial score (nSPS) is 20.9. The van der Waals surface area contributed by atoms with Crippen molar-refractivity contribution in [2.45, 2.75) is 66.2 Å². The zero-order valence-corrected chi connectivity index (χ0v) is 36.5. The van der Waals surface area contributed by atoms with Crippen molar-refractivity contribution in [2.24, 2.45) is 20.4 Å². The van der Waals surface area contributed by atoms with Gasteiger partial charge in [0, 0.05) is 36.6 Å². The molecule has 5 aromatic carbocycles. The van der Waals surface area contributed by atoms with E-state index in [4.69, 9.17) is 9.98 Å². The number of amidine groups is 2. The molecule has 0 aromatic heterocycles. The van der Waals surface area contributed by atoms with Crippen LogP contribution >= 0.6 is 21.8 Å². The van der Waals surface area contributed by atoms with Crippen LogP contribution in [0.5, 0.6) is 0 Å². The number of hydrogen-bond donors (Lipinski definition) is 0. The lowest BCUT2D eigenvalue weighted by molar-refractivity contribution is 0.506. The second-order valence-corrected chi connectivity index (χ2v) is 20.0. The van der Waals surface area contributed by atoms with Crippen LogP contribution in [0.4, 0.5) is 0 Å². The van der Waals surface area contributed by atoms with Gasteiger partial charge in [0.25, 0.3) is 0 Å². The quantitative estimate of drug-likeness (QED) is 0.0743. The molecule has 0 radical (unpaired) electrons. The first-order chi connectivity index (χ1) is 29.4. The van der Waals surface area contributed by atoms with Crippen molar-refractivity contribution in [3.63, 3.8) is 0 Å². The van der Waals surface area contributed by atoms with Gasteiger partial charge in [-0.25, -0.2) is 9.98 Å². The topological polar surface area (TPSA) is 37.1 Å². The summed E-state index contributed by atoms with van der Waals surface area (Å²) < 4.78 is 0. The zero-order valence-electron chi connectivity index (χ0n) is 34.9. The van der Waals surface area contributed by atoms with Crippen LogP contribution < -0.4 is 0 Å². The Morgan fingerprint density at radius 3 is 1.82 bits per heavy atom. The second-order valence-electron chi connectivity index (χ2n) is 16.0. The molecular weight excluding hydrogens is 767 g/mol. The standard InChI is InChI=1S/C55H53N3S2/c1-54(38-34-49(35-39-54)60(46-24-14-7-15-25-46,47-26-16-8-17-27-47)48-28-18-9-19-29-48)45-32-36-55(2,37-33-45)50-31-30-44(40-51(50)59-4)53(57-41-42-20-10-5-11-21-42)58-52(56-3)43-22-12-6-13-23-43/h5-8,10-18,20-36,38,40H,3,9,19,37,39,41H2,1-2,4H3. The maximum Gasteiger partial charge on any atom is 0.161 e. The minimum atomic E-state index is -1.67. The van der Waals surface area contributed by atoms with Crippen LogP contribution in [-0.2, 0) is 12.0 Å². The Bertz CT molecular complexity index is 2540. The Morgan fingerprint density at radius 2 is 1.25 bits per heavy atom. The van der Waals surface area contributed by atoms with Crippen molar-refractivity contribution in [2.75, 3.05) is 6.26 Å². The summed E-state index contributed by atoms with van der Waals surface area (Å²) in [6.07, 6.45) is 28.3. The summed E-state index contributed by atoms with van der Waals surface area (Å²) in [6.45, 7) is 9.14. The van der Waals surface area contributed by atoms with Gasteiger partial charge in [0.15, 0.2) is 11.7 Å². The molecule has 0 fully saturated rings. The van der Waals surface area contributed by atoms with Crippen molar-refractivity contribution in [1.29, 1.82) is 0 Å². The molecule has 2 atom stereocenters. The van der Waals surface area contributed by atoms with E-state index in [-0.39, 0.29) is 10.8 Å². The highest BCUT2D eigenvalue weighted by atomic mass is 32.3. The molecule has 5 heteroatoms. The highest BCUT2D eigenvalue weighted by Gasteiger charge is 2.39. The minimum absolute atomic E-state index is 0.110. The van der Waals surface area contributed by atoms with Crippen LogP contribution in [0, 0.1) is 5.41 Å². The smallest absolute Gasteiger partial charge is 0.161 e. The summed E-state index contributed by atoms with van der Waals surface area (Å²) in [5.41, 5.74) is 5.40. The van der Waals surface area contributed by atoms with Gasteiger partial charge in [-0.3, -0.25) is 4.99 Å². The molecule has 3 aliphatic carbocycles. The van der Waals surface area contributed by atoms with Crippen LogP contribution in [0.3, 0.4) is 0 Å². The van der Waals surface area contributed by atoms with E-state index in [0.717, 1.165) is 42.4 Å². The summed E-state index contributed by atoms with van der Waals surface area (Å²) in [6, 6.07) is 49.4. The van der Waals surface area contributed by atoms with E-state index >= 15 is 0 Å². The van der Waals surface area contributed by atoms with E-state index in [1.54, 1.807) is 11.8 Å². The number of benzene rings is 5. The number of nitrogens with zero attached hydrogens (tertiary/aromatic N) is 3. The predicted octanol–water partition coefficient (Wildman–Crippen LogP) is 14.7. The Hall–Kier alpha value is -5.75. The third-order valence-electron chi connectivity index (χ3n) is 12.0. The average molecular weight is 820 g/mol. The van der Waals surface area contributed by atoms with Crippen molar-refractivity contribution >= 4 is 40.2 Å². The molecular formula is C55H53N3S2. The molecule has 60 heavy (non-hydrogen) atoms. The molecule has 0 spiro atoms. The van der Waals surface area contributed by atoms with Gasteiger partial charge in [0.2, 0.25) is 0 Å². The molecule has 8 rings (SSSR count). The number of hydrogen-bond acceptors (Lipinski definition) is 2. The maximum absolute atomic E-state index is 5.06. The minimum Gasteiger partial charge on any atom is -0.261 e. The van der Waals surface area contributed by atoms with Crippen LogP contribution in [-0.4, -0.2) is 24.6 Å². The Morgan fingerprint density at radius 1 is 0.633 bits per heavy atom. The van der Waals surface area contributed by atoms with Crippen LogP contribution in [0.2, 0.25) is 0 Å². The maximum atomic E-state index is 5.06. The lowest BCUT2D eigenvalue weighted by atomic mass is 9.69. The molecule has 5 aromatic rings. The van der Waals surface area contributed by atoms with E-state index in [2.05, 4.69) is 177 Å². The number of allylic oxidation sites excluding steroid dienone is 10. The largest absolute Gasteiger partial charge is 0.261 e. The highest BCUT2D eigenvalue weighted by molar-refractivity contribution is 8.40. The summed E-state index contributed by atoms with van der Waals surface area (Å²) >= 11 is 1.77.